The van der Waals surface area contributed by atoms with Gasteiger partial charge in [-0.25, -0.2) is 0 Å². The van der Waals surface area contributed by atoms with Crippen molar-refractivity contribution in [3.63, 3.8) is 0 Å². The zero-order valence-corrected chi connectivity index (χ0v) is 11.1. The predicted octanol–water partition coefficient (Wildman–Crippen LogP) is 1.67. The monoisotopic (exact) mass is 267 g/mol. The van der Waals surface area contributed by atoms with E-state index in [0.717, 1.165) is 0 Å². The van der Waals surface area contributed by atoms with Gasteiger partial charge in [-0.1, -0.05) is 0 Å². The van der Waals surface area contributed by atoms with Crippen molar-refractivity contribution in [3.8, 4) is 5.75 Å². The third kappa shape index (κ3) is 3.57. The molecule has 0 heterocycles. The number of nitrogens with one attached hydrogen (secondary N) is 1. The third-order valence-corrected chi connectivity index (χ3v) is 2.53. The van der Waals surface area contributed by atoms with E-state index in [0.29, 0.717) is 12.3 Å². The van der Waals surface area contributed by atoms with E-state index in [1.807, 2.05) is 0 Å². The number of hydrogen-bond acceptors (Lipinski definition) is 5. The molecule has 0 fully saturated rings. The van der Waals surface area contributed by atoms with Gasteiger partial charge in [0.15, 0.2) is 5.75 Å². The number of carbonyl (C=O) groups excluding carboxylic acids is 1. The lowest BCUT2D eigenvalue weighted by Crippen LogP contribution is -2.45. The number of hydrogen-bond donors (Lipinski definition) is 2. The molecule has 0 aliphatic rings. The molecule has 0 aliphatic heterocycles. The van der Waals surface area contributed by atoms with Crippen molar-refractivity contribution in [2.24, 2.45) is 5.73 Å². The van der Waals surface area contributed by atoms with Crippen LogP contribution in [0, 0.1) is 10.1 Å². The summed E-state index contributed by atoms with van der Waals surface area (Å²) >= 11 is 0. The average molecular weight is 267 g/mol. The van der Waals surface area contributed by atoms with Crippen molar-refractivity contribution in [1.29, 1.82) is 0 Å². The van der Waals surface area contributed by atoms with E-state index in [2.05, 4.69) is 5.32 Å². The molecular weight excluding hydrogens is 250 g/mol. The second-order valence-corrected chi connectivity index (χ2v) is 4.49. The second-order valence-electron chi connectivity index (χ2n) is 4.49. The first-order valence-corrected chi connectivity index (χ1v) is 5.77. The molecule has 1 rings (SSSR count). The number of nitrogens with two attached hydrogens (primary N) is 1. The van der Waals surface area contributed by atoms with Crippen LogP contribution in [0.3, 0.4) is 0 Å². The van der Waals surface area contributed by atoms with E-state index in [1.165, 1.54) is 18.2 Å². The molecule has 1 aromatic rings. The van der Waals surface area contributed by atoms with Gasteiger partial charge in [-0.2, -0.15) is 0 Å². The summed E-state index contributed by atoms with van der Waals surface area (Å²) in [6, 6.07) is 4.31. The predicted molar refractivity (Wildman–Crippen MR) is 71.2 cm³/mol. The lowest BCUT2D eigenvalue weighted by molar-refractivity contribution is -0.385. The molecule has 19 heavy (non-hydrogen) atoms. The van der Waals surface area contributed by atoms with Crippen molar-refractivity contribution < 1.29 is 14.5 Å². The van der Waals surface area contributed by atoms with E-state index in [1.54, 1.807) is 20.8 Å². The summed E-state index contributed by atoms with van der Waals surface area (Å²) in [6.45, 7) is 5.29. The number of amides is 1. The number of nitro groups is 1. The van der Waals surface area contributed by atoms with Crippen molar-refractivity contribution in [3.05, 3.63) is 28.3 Å². The Labute approximate surface area is 110 Å². The van der Waals surface area contributed by atoms with Crippen LogP contribution in [0.1, 0.15) is 20.8 Å². The summed E-state index contributed by atoms with van der Waals surface area (Å²) in [6.07, 6.45) is 0. The maximum absolute atomic E-state index is 11.2. The Kier molecular flexibility index (Phi) is 4.31. The molecule has 7 nitrogen and oxygen atoms in total. The average Bonchev–Trinajstić information content (AvgIpc) is 2.28. The van der Waals surface area contributed by atoms with Gasteiger partial charge in [0.05, 0.1) is 11.5 Å². The number of primary amides is 1. The number of carbonyl (C=O) groups is 1. The van der Waals surface area contributed by atoms with Gasteiger partial charge in [0.25, 0.3) is 0 Å². The van der Waals surface area contributed by atoms with Gasteiger partial charge in [0, 0.05) is 17.8 Å². The molecule has 7 heteroatoms. The first-order valence-electron chi connectivity index (χ1n) is 5.77. The highest BCUT2D eigenvalue weighted by molar-refractivity contribution is 5.87. The van der Waals surface area contributed by atoms with Gasteiger partial charge in [0.1, 0.15) is 5.54 Å². The zero-order chi connectivity index (χ0) is 14.6. The Morgan fingerprint density at radius 2 is 2.16 bits per heavy atom. The highest BCUT2D eigenvalue weighted by atomic mass is 16.6. The Morgan fingerprint density at radius 1 is 1.53 bits per heavy atom. The van der Waals surface area contributed by atoms with Crippen LogP contribution in [0.4, 0.5) is 11.4 Å². The quantitative estimate of drug-likeness (QED) is 0.602. The van der Waals surface area contributed by atoms with Crippen LogP contribution in [-0.4, -0.2) is 23.0 Å². The van der Waals surface area contributed by atoms with Crippen LogP contribution in [0.25, 0.3) is 0 Å². The van der Waals surface area contributed by atoms with E-state index < -0.39 is 16.4 Å². The zero-order valence-electron chi connectivity index (χ0n) is 11.1. The maximum atomic E-state index is 11.2. The molecule has 0 radical (unpaired) electrons. The normalized spacial score (nSPS) is 10.9. The van der Waals surface area contributed by atoms with Crippen LogP contribution in [-0.2, 0) is 4.79 Å². The highest BCUT2D eigenvalue weighted by Crippen LogP contribution is 2.31. The summed E-state index contributed by atoms with van der Waals surface area (Å²) in [5.74, 6) is -0.374. The first kappa shape index (κ1) is 14.7. The van der Waals surface area contributed by atoms with Gasteiger partial charge in [-0.05, 0) is 26.8 Å². The smallest absolute Gasteiger partial charge is 0.311 e. The lowest BCUT2D eigenvalue weighted by Gasteiger charge is -2.23. The number of anilines is 1. The van der Waals surface area contributed by atoms with Gasteiger partial charge in [0.2, 0.25) is 5.91 Å². The molecule has 1 aromatic carbocycles. The standard InChI is InChI=1S/C12H17N3O4/c1-4-19-10-7-8(5-6-9(10)15(17)18)14-12(2,3)11(13)16/h5-7,14H,4H2,1-3H3,(H2,13,16). The second kappa shape index (κ2) is 5.55. The molecule has 0 saturated carbocycles. The summed E-state index contributed by atoms with van der Waals surface area (Å²) in [5.41, 5.74) is 4.70. The minimum absolute atomic E-state index is 0.121. The van der Waals surface area contributed by atoms with E-state index in [-0.39, 0.29) is 11.4 Å². The number of nitrogens with zero attached hydrogens (tertiary/aromatic N) is 1. The fraction of sp³-hybridized carbons (Fsp3) is 0.417. The summed E-state index contributed by atoms with van der Waals surface area (Å²) in [4.78, 5) is 21.5. The van der Waals surface area contributed by atoms with Crippen LogP contribution < -0.4 is 15.8 Å². The van der Waals surface area contributed by atoms with Crippen LogP contribution in [0.2, 0.25) is 0 Å². The molecule has 0 bridgehead atoms. The molecule has 3 N–H and O–H groups in total. The molecule has 0 aliphatic carbocycles. The van der Waals surface area contributed by atoms with Crippen molar-refractivity contribution in [2.75, 3.05) is 11.9 Å². The molecule has 0 unspecified atom stereocenters. The molecule has 0 spiro atoms. The fourth-order valence-corrected chi connectivity index (χ4v) is 1.44. The topological polar surface area (TPSA) is 107 Å². The Balaban J connectivity index is 3.08. The van der Waals surface area contributed by atoms with Gasteiger partial charge in [-0.15, -0.1) is 0 Å². The molecule has 0 saturated heterocycles. The van der Waals surface area contributed by atoms with Gasteiger partial charge in [-0.3, -0.25) is 14.9 Å². The summed E-state index contributed by atoms with van der Waals surface area (Å²) < 4.78 is 5.22. The lowest BCUT2D eigenvalue weighted by atomic mass is 10.0. The SMILES string of the molecule is CCOc1cc(NC(C)(C)C(N)=O)ccc1[N+](=O)[O-]. The fourth-order valence-electron chi connectivity index (χ4n) is 1.44. The molecule has 1 amide bonds. The first-order chi connectivity index (χ1) is 8.77. The number of nitro benzene ring substituents is 1. The number of rotatable bonds is 6. The molecule has 104 valence electrons. The van der Waals surface area contributed by atoms with Crippen molar-refractivity contribution in [1.82, 2.24) is 0 Å². The minimum Gasteiger partial charge on any atom is -0.487 e. The Hall–Kier alpha value is -2.31. The summed E-state index contributed by atoms with van der Waals surface area (Å²) in [5, 5.41) is 13.7. The largest absolute Gasteiger partial charge is 0.487 e. The van der Waals surface area contributed by atoms with E-state index >= 15 is 0 Å². The molecule has 0 atom stereocenters. The minimum atomic E-state index is -0.959. The van der Waals surface area contributed by atoms with Crippen LogP contribution in [0.15, 0.2) is 18.2 Å². The number of ether oxygens (including phenoxy) is 1. The van der Waals surface area contributed by atoms with Crippen molar-refractivity contribution in [2.45, 2.75) is 26.3 Å². The maximum Gasteiger partial charge on any atom is 0.311 e. The van der Waals surface area contributed by atoms with Gasteiger partial charge >= 0.3 is 5.69 Å². The van der Waals surface area contributed by atoms with Crippen LogP contribution in [0.5, 0.6) is 5.75 Å². The van der Waals surface area contributed by atoms with E-state index in [9.17, 15) is 14.9 Å². The molecule has 0 aromatic heterocycles. The van der Waals surface area contributed by atoms with Gasteiger partial charge < -0.3 is 15.8 Å². The highest BCUT2D eigenvalue weighted by Gasteiger charge is 2.25. The third-order valence-electron chi connectivity index (χ3n) is 2.53. The van der Waals surface area contributed by atoms with E-state index in [4.69, 9.17) is 10.5 Å². The van der Waals surface area contributed by atoms with Crippen molar-refractivity contribution >= 4 is 17.3 Å². The molecular formula is C12H17N3O4. The Bertz CT molecular complexity index is 500. The van der Waals surface area contributed by atoms with Crippen LogP contribution >= 0.6 is 0 Å². The summed E-state index contributed by atoms with van der Waals surface area (Å²) in [7, 11) is 0. The Morgan fingerprint density at radius 3 is 2.63 bits per heavy atom. The number of benzene rings is 1.